The zero-order valence-electron chi connectivity index (χ0n) is 12.4. The molecule has 0 radical (unpaired) electrons. The van der Waals surface area contributed by atoms with E-state index in [1.807, 2.05) is 0 Å². The third-order valence-corrected chi connectivity index (χ3v) is 3.31. The van der Waals surface area contributed by atoms with Gasteiger partial charge in [0.25, 0.3) is 5.91 Å². The van der Waals surface area contributed by atoms with E-state index in [0.29, 0.717) is 0 Å². The molecule has 0 atom stereocenters. The predicted octanol–water partition coefficient (Wildman–Crippen LogP) is 3.13. The number of benzene rings is 1. The molecule has 1 amide bonds. The van der Waals surface area contributed by atoms with Gasteiger partial charge in [-0.1, -0.05) is 11.6 Å². The number of aromatic nitrogens is 2. The third-order valence-electron chi connectivity index (χ3n) is 2.98. The number of anilines is 1. The van der Waals surface area contributed by atoms with Crippen molar-refractivity contribution >= 4 is 29.2 Å². The summed E-state index contributed by atoms with van der Waals surface area (Å²) in [6.07, 6.45) is -3.85. The molecule has 0 bridgehead atoms. The minimum Gasteiger partial charge on any atom is -0.465 e. The zero-order valence-corrected chi connectivity index (χ0v) is 13.2. The number of alkyl halides is 3. The summed E-state index contributed by atoms with van der Waals surface area (Å²) in [5.74, 6) is -1.74. The Bertz CT molecular complexity index is 802. The summed E-state index contributed by atoms with van der Waals surface area (Å²) < 4.78 is 44.1. The number of hydrogen-bond donors (Lipinski definition) is 1. The van der Waals surface area contributed by atoms with Crippen LogP contribution in [0, 0.1) is 0 Å². The Kier molecular flexibility index (Phi) is 4.83. The van der Waals surface area contributed by atoms with Gasteiger partial charge < -0.3 is 10.1 Å². The lowest BCUT2D eigenvalue weighted by molar-refractivity contribution is -0.141. The molecule has 0 aliphatic heterocycles. The monoisotopic (exact) mass is 361 g/mol. The van der Waals surface area contributed by atoms with Crippen molar-refractivity contribution < 1.29 is 27.5 Å². The summed E-state index contributed by atoms with van der Waals surface area (Å²) in [7, 11) is 2.43. The molecule has 1 heterocycles. The van der Waals surface area contributed by atoms with Crippen LogP contribution in [0.2, 0.25) is 5.02 Å². The van der Waals surface area contributed by atoms with Gasteiger partial charge in [-0.3, -0.25) is 9.48 Å². The number of amides is 1. The highest BCUT2D eigenvalue weighted by Gasteiger charge is 2.39. The summed E-state index contributed by atoms with van der Waals surface area (Å²) in [5, 5.41) is 5.54. The molecule has 1 aromatic heterocycles. The predicted molar refractivity (Wildman–Crippen MR) is 79.0 cm³/mol. The number of nitrogens with zero attached hydrogens (tertiary/aromatic N) is 2. The van der Waals surface area contributed by atoms with E-state index in [-0.39, 0.29) is 16.3 Å². The second kappa shape index (κ2) is 6.52. The van der Waals surface area contributed by atoms with Crippen LogP contribution in [0.3, 0.4) is 0 Å². The molecule has 0 fully saturated rings. The largest absolute Gasteiger partial charge is 0.465 e. The molecule has 0 aliphatic rings. The van der Waals surface area contributed by atoms with E-state index in [1.165, 1.54) is 32.4 Å². The summed E-state index contributed by atoms with van der Waals surface area (Å²) >= 11 is 5.90. The van der Waals surface area contributed by atoms with Gasteiger partial charge in [-0.05, 0) is 18.2 Å². The number of carbonyl (C=O) groups excluding carboxylic acids is 2. The molecule has 1 aromatic carbocycles. The van der Waals surface area contributed by atoms with Crippen LogP contribution >= 0.6 is 11.6 Å². The normalized spacial score (nSPS) is 11.2. The second-order valence-corrected chi connectivity index (χ2v) is 5.11. The number of hydrogen-bond acceptors (Lipinski definition) is 4. The quantitative estimate of drug-likeness (QED) is 0.852. The van der Waals surface area contributed by atoms with Gasteiger partial charge in [0, 0.05) is 13.2 Å². The van der Waals surface area contributed by atoms with Crippen LogP contribution in [0.15, 0.2) is 24.4 Å². The van der Waals surface area contributed by atoms with Crippen LogP contribution in [0.4, 0.5) is 18.9 Å². The maximum atomic E-state index is 12.9. The average Bonchev–Trinajstić information content (AvgIpc) is 2.91. The second-order valence-electron chi connectivity index (χ2n) is 4.70. The molecule has 10 heteroatoms. The number of nitrogens with one attached hydrogen (secondary N) is 1. The van der Waals surface area contributed by atoms with E-state index in [2.05, 4.69) is 15.2 Å². The van der Waals surface area contributed by atoms with Gasteiger partial charge in [0.15, 0.2) is 5.69 Å². The Hall–Kier alpha value is -2.55. The smallest absolute Gasteiger partial charge is 0.435 e. The van der Waals surface area contributed by atoms with Crippen molar-refractivity contribution in [3.63, 3.8) is 0 Å². The Morgan fingerprint density at radius 3 is 2.58 bits per heavy atom. The molecule has 0 saturated carbocycles. The molecule has 0 saturated heterocycles. The standard InChI is InChI=1S/C14H11ClF3N3O3/c1-21-6-8(11(20-21)14(16,17)18)12(22)19-10-5-7(13(23)24-2)3-4-9(10)15/h3-6H,1-2H3,(H,19,22). The maximum Gasteiger partial charge on any atom is 0.435 e. The summed E-state index contributed by atoms with van der Waals surface area (Å²) in [6, 6.07) is 3.88. The topological polar surface area (TPSA) is 73.2 Å². The molecule has 2 aromatic rings. The van der Waals surface area contributed by atoms with E-state index in [4.69, 9.17) is 11.6 Å². The van der Waals surface area contributed by atoms with Crippen molar-refractivity contribution in [3.8, 4) is 0 Å². The molecule has 2 rings (SSSR count). The van der Waals surface area contributed by atoms with E-state index in [0.717, 1.165) is 10.9 Å². The number of halogens is 4. The Morgan fingerprint density at radius 1 is 1.33 bits per heavy atom. The van der Waals surface area contributed by atoms with Crippen molar-refractivity contribution in [2.45, 2.75) is 6.18 Å². The highest BCUT2D eigenvalue weighted by molar-refractivity contribution is 6.34. The van der Waals surface area contributed by atoms with Crippen LogP contribution in [0.25, 0.3) is 0 Å². The van der Waals surface area contributed by atoms with E-state index in [9.17, 15) is 22.8 Å². The van der Waals surface area contributed by atoms with E-state index < -0.39 is 29.3 Å². The van der Waals surface area contributed by atoms with E-state index in [1.54, 1.807) is 0 Å². The first-order valence-electron chi connectivity index (χ1n) is 6.43. The van der Waals surface area contributed by atoms with Crippen molar-refractivity contribution in [1.29, 1.82) is 0 Å². The van der Waals surface area contributed by atoms with Crippen LogP contribution < -0.4 is 5.32 Å². The average molecular weight is 362 g/mol. The van der Waals surface area contributed by atoms with Gasteiger partial charge in [-0.15, -0.1) is 0 Å². The Morgan fingerprint density at radius 2 is 2.00 bits per heavy atom. The molecule has 128 valence electrons. The van der Waals surface area contributed by atoms with E-state index >= 15 is 0 Å². The number of aryl methyl sites for hydroxylation is 1. The van der Waals surface area contributed by atoms with Crippen molar-refractivity contribution in [3.05, 3.63) is 46.2 Å². The van der Waals surface area contributed by atoms with Gasteiger partial charge in [0.05, 0.1) is 28.9 Å². The number of ether oxygens (including phenoxy) is 1. The molecular weight excluding hydrogens is 351 g/mol. The van der Waals surface area contributed by atoms with Crippen LogP contribution in [-0.2, 0) is 18.0 Å². The minimum atomic E-state index is -4.79. The van der Waals surface area contributed by atoms with Crippen LogP contribution in [0.1, 0.15) is 26.4 Å². The fourth-order valence-corrected chi connectivity index (χ4v) is 2.08. The number of esters is 1. The van der Waals surface area contributed by atoms with Crippen LogP contribution in [-0.4, -0.2) is 28.8 Å². The molecule has 1 N–H and O–H groups in total. The number of carbonyl (C=O) groups is 2. The summed E-state index contributed by atoms with van der Waals surface area (Å²) in [4.78, 5) is 23.6. The number of rotatable bonds is 3. The number of methoxy groups -OCH3 is 1. The zero-order chi connectivity index (χ0) is 18.1. The van der Waals surface area contributed by atoms with Gasteiger partial charge in [0.1, 0.15) is 0 Å². The summed E-state index contributed by atoms with van der Waals surface area (Å²) in [6.45, 7) is 0. The first-order valence-corrected chi connectivity index (χ1v) is 6.81. The Balaban J connectivity index is 2.36. The first kappa shape index (κ1) is 17.8. The van der Waals surface area contributed by atoms with Crippen molar-refractivity contribution in [1.82, 2.24) is 9.78 Å². The highest BCUT2D eigenvalue weighted by Crippen LogP contribution is 2.31. The first-order chi connectivity index (χ1) is 11.1. The van der Waals surface area contributed by atoms with Gasteiger partial charge in [-0.25, -0.2) is 4.79 Å². The maximum absolute atomic E-state index is 12.9. The lowest BCUT2D eigenvalue weighted by atomic mass is 10.2. The fraction of sp³-hybridized carbons (Fsp3) is 0.214. The SMILES string of the molecule is COC(=O)c1ccc(Cl)c(NC(=O)c2cn(C)nc2C(F)(F)F)c1. The van der Waals surface area contributed by atoms with Gasteiger partial charge >= 0.3 is 12.1 Å². The molecular formula is C14H11ClF3N3O3. The molecule has 6 nitrogen and oxygen atoms in total. The molecule has 0 unspecified atom stereocenters. The lowest BCUT2D eigenvalue weighted by Gasteiger charge is -2.10. The summed E-state index contributed by atoms with van der Waals surface area (Å²) in [5.41, 5.74) is -1.92. The minimum absolute atomic E-state index is 0.0263. The van der Waals surface area contributed by atoms with Crippen LogP contribution in [0.5, 0.6) is 0 Å². The lowest BCUT2D eigenvalue weighted by Crippen LogP contribution is -2.18. The third kappa shape index (κ3) is 3.67. The molecule has 24 heavy (non-hydrogen) atoms. The van der Waals surface area contributed by atoms with Gasteiger partial charge in [-0.2, -0.15) is 18.3 Å². The molecule has 0 spiro atoms. The van der Waals surface area contributed by atoms with Crippen molar-refractivity contribution in [2.24, 2.45) is 7.05 Å². The molecule has 0 aliphatic carbocycles. The fourth-order valence-electron chi connectivity index (χ4n) is 1.92. The Labute approximate surface area is 139 Å². The highest BCUT2D eigenvalue weighted by atomic mass is 35.5. The van der Waals surface area contributed by atoms with Crippen molar-refractivity contribution in [2.75, 3.05) is 12.4 Å². The van der Waals surface area contributed by atoms with Gasteiger partial charge in [0.2, 0.25) is 0 Å².